The molecule has 0 spiro atoms. The van der Waals surface area contributed by atoms with Gasteiger partial charge in [-0.05, 0) is 24.8 Å². The molecule has 1 saturated heterocycles. The number of anilines is 1. The summed E-state index contributed by atoms with van der Waals surface area (Å²) in [5, 5.41) is 8.00. The number of amidine groups is 1. The van der Waals surface area contributed by atoms with Crippen LogP contribution in [0, 0.1) is 11.3 Å². The van der Waals surface area contributed by atoms with Crippen molar-refractivity contribution >= 4 is 23.3 Å². The van der Waals surface area contributed by atoms with Crippen LogP contribution in [-0.4, -0.2) is 23.9 Å². The number of rotatable bonds is 3. The number of halogens is 1. The van der Waals surface area contributed by atoms with Crippen LogP contribution in [0.2, 0.25) is 5.02 Å². The van der Waals surface area contributed by atoms with Gasteiger partial charge in [-0.15, -0.1) is 0 Å². The molecule has 0 atom stereocenters. The standard InChI is InChI=1S/C13H19ClN4/c1-2-9-4-7-18(8-5-9)13-11(14)10(12(15)16)3-6-17-13/h3,6,9H,2,4-5,7-8H2,1H3,(H3,15,16). The molecule has 0 aromatic carbocycles. The van der Waals surface area contributed by atoms with Crippen molar-refractivity contribution in [1.82, 2.24) is 4.98 Å². The van der Waals surface area contributed by atoms with E-state index in [2.05, 4.69) is 16.8 Å². The summed E-state index contributed by atoms with van der Waals surface area (Å²) in [6.07, 6.45) is 5.27. The molecule has 0 saturated carbocycles. The molecule has 1 aliphatic heterocycles. The molecular weight excluding hydrogens is 248 g/mol. The molecule has 2 rings (SSSR count). The van der Waals surface area contributed by atoms with E-state index in [9.17, 15) is 0 Å². The molecule has 0 amide bonds. The SMILES string of the molecule is CCC1CCN(c2nccc(C(=N)N)c2Cl)CC1. The van der Waals surface area contributed by atoms with Gasteiger partial charge in [-0.2, -0.15) is 0 Å². The van der Waals surface area contributed by atoms with Crippen molar-refractivity contribution in [2.24, 2.45) is 11.7 Å². The number of piperidine rings is 1. The van der Waals surface area contributed by atoms with Gasteiger partial charge in [-0.3, -0.25) is 5.41 Å². The molecule has 2 heterocycles. The van der Waals surface area contributed by atoms with Crippen molar-refractivity contribution in [3.05, 3.63) is 22.8 Å². The largest absolute Gasteiger partial charge is 0.384 e. The van der Waals surface area contributed by atoms with E-state index in [1.54, 1.807) is 12.3 Å². The van der Waals surface area contributed by atoms with Gasteiger partial charge in [0.2, 0.25) is 0 Å². The third-order valence-electron chi connectivity index (χ3n) is 3.65. The van der Waals surface area contributed by atoms with Gasteiger partial charge >= 0.3 is 0 Å². The van der Waals surface area contributed by atoms with Crippen LogP contribution in [0.5, 0.6) is 0 Å². The monoisotopic (exact) mass is 266 g/mol. The maximum Gasteiger partial charge on any atom is 0.148 e. The summed E-state index contributed by atoms with van der Waals surface area (Å²) < 4.78 is 0. The number of nitrogens with zero attached hydrogens (tertiary/aromatic N) is 2. The summed E-state index contributed by atoms with van der Waals surface area (Å²) in [6.45, 7) is 4.20. The van der Waals surface area contributed by atoms with Crippen molar-refractivity contribution in [2.75, 3.05) is 18.0 Å². The first-order chi connectivity index (χ1) is 8.63. The van der Waals surface area contributed by atoms with Gasteiger partial charge in [0.15, 0.2) is 0 Å². The number of nitrogen functional groups attached to an aromatic ring is 1. The summed E-state index contributed by atoms with van der Waals surface area (Å²) in [4.78, 5) is 6.53. The number of nitrogens with two attached hydrogens (primary N) is 1. The van der Waals surface area contributed by atoms with Crippen LogP contribution < -0.4 is 10.6 Å². The minimum absolute atomic E-state index is 0.00732. The fourth-order valence-electron chi connectivity index (χ4n) is 2.41. The summed E-state index contributed by atoms with van der Waals surface area (Å²) in [6, 6.07) is 1.69. The van der Waals surface area contributed by atoms with Crippen molar-refractivity contribution in [3.8, 4) is 0 Å². The van der Waals surface area contributed by atoms with Gasteiger partial charge in [-0.1, -0.05) is 24.9 Å². The van der Waals surface area contributed by atoms with E-state index < -0.39 is 0 Å². The van der Waals surface area contributed by atoms with Crippen molar-refractivity contribution in [2.45, 2.75) is 26.2 Å². The molecular formula is C13H19ClN4. The lowest BCUT2D eigenvalue weighted by molar-refractivity contribution is 0.394. The molecule has 0 radical (unpaired) electrons. The van der Waals surface area contributed by atoms with Crippen molar-refractivity contribution in [1.29, 1.82) is 5.41 Å². The molecule has 1 aromatic heterocycles. The maximum absolute atomic E-state index is 7.50. The summed E-state index contributed by atoms with van der Waals surface area (Å²) >= 11 is 6.28. The topological polar surface area (TPSA) is 66.0 Å². The van der Waals surface area contributed by atoms with Crippen LogP contribution in [0.3, 0.4) is 0 Å². The minimum atomic E-state index is -0.00732. The lowest BCUT2D eigenvalue weighted by atomic mass is 9.94. The average Bonchev–Trinajstić information content (AvgIpc) is 2.39. The van der Waals surface area contributed by atoms with E-state index in [0.717, 1.165) is 24.8 Å². The van der Waals surface area contributed by atoms with Crippen LogP contribution >= 0.6 is 11.6 Å². The normalized spacial score (nSPS) is 16.9. The Labute approximate surface area is 113 Å². The fourth-order valence-corrected chi connectivity index (χ4v) is 2.75. The van der Waals surface area contributed by atoms with E-state index in [1.165, 1.54) is 19.3 Å². The third kappa shape index (κ3) is 2.58. The molecule has 0 unspecified atom stereocenters. The Kier molecular flexibility index (Phi) is 4.07. The third-order valence-corrected chi connectivity index (χ3v) is 4.03. The summed E-state index contributed by atoms with van der Waals surface area (Å²) in [5.41, 5.74) is 6.08. The van der Waals surface area contributed by atoms with Crippen LogP contribution in [0.4, 0.5) is 5.82 Å². The molecule has 5 heteroatoms. The zero-order valence-corrected chi connectivity index (χ0v) is 11.4. The molecule has 98 valence electrons. The van der Waals surface area contributed by atoms with E-state index in [1.807, 2.05) is 0 Å². The second-order valence-corrected chi connectivity index (χ2v) is 5.13. The van der Waals surface area contributed by atoms with Gasteiger partial charge in [0.25, 0.3) is 0 Å². The fraction of sp³-hybridized carbons (Fsp3) is 0.538. The molecule has 0 aliphatic carbocycles. The highest BCUT2D eigenvalue weighted by Crippen LogP contribution is 2.30. The molecule has 0 bridgehead atoms. The van der Waals surface area contributed by atoms with Gasteiger partial charge in [0.05, 0.1) is 5.02 Å². The molecule has 3 N–H and O–H groups in total. The van der Waals surface area contributed by atoms with Crippen molar-refractivity contribution in [3.63, 3.8) is 0 Å². The second-order valence-electron chi connectivity index (χ2n) is 4.75. The maximum atomic E-state index is 7.50. The molecule has 4 nitrogen and oxygen atoms in total. The molecule has 1 aliphatic rings. The molecule has 18 heavy (non-hydrogen) atoms. The number of aromatic nitrogens is 1. The summed E-state index contributed by atoms with van der Waals surface area (Å²) in [5.74, 6) is 1.57. The Morgan fingerprint density at radius 3 is 2.78 bits per heavy atom. The Morgan fingerprint density at radius 2 is 2.22 bits per heavy atom. The van der Waals surface area contributed by atoms with Gasteiger partial charge in [0, 0.05) is 24.8 Å². The predicted molar refractivity (Wildman–Crippen MR) is 75.5 cm³/mol. The number of hydrogen-bond donors (Lipinski definition) is 2. The van der Waals surface area contributed by atoms with Crippen molar-refractivity contribution < 1.29 is 0 Å². The number of pyridine rings is 1. The summed E-state index contributed by atoms with van der Waals surface area (Å²) in [7, 11) is 0. The Balaban J connectivity index is 2.19. The van der Waals surface area contributed by atoms with Crippen LogP contribution in [0.1, 0.15) is 31.7 Å². The zero-order chi connectivity index (χ0) is 13.1. The van der Waals surface area contributed by atoms with Gasteiger partial charge in [0.1, 0.15) is 11.7 Å². The quantitative estimate of drug-likeness (QED) is 0.653. The highest BCUT2D eigenvalue weighted by Gasteiger charge is 2.21. The Bertz CT molecular complexity index is 439. The number of nitrogens with one attached hydrogen (secondary N) is 1. The van der Waals surface area contributed by atoms with Gasteiger partial charge in [-0.25, -0.2) is 4.98 Å². The first-order valence-corrected chi connectivity index (χ1v) is 6.75. The first-order valence-electron chi connectivity index (χ1n) is 6.37. The Morgan fingerprint density at radius 1 is 1.56 bits per heavy atom. The molecule has 1 fully saturated rings. The van der Waals surface area contributed by atoms with Crippen LogP contribution in [0.25, 0.3) is 0 Å². The predicted octanol–water partition coefficient (Wildman–Crippen LogP) is 2.65. The lowest BCUT2D eigenvalue weighted by Crippen LogP contribution is -2.34. The lowest BCUT2D eigenvalue weighted by Gasteiger charge is -2.33. The van der Waals surface area contributed by atoms with Crippen LogP contribution in [-0.2, 0) is 0 Å². The van der Waals surface area contributed by atoms with Crippen LogP contribution in [0.15, 0.2) is 12.3 Å². The van der Waals surface area contributed by atoms with E-state index in [0.29, 0.717) is 10.6 Å². The number of hydrogen-bond acceptors (Lipinski definition) is 3. The highest BCUT2D eigenvalue weighted by molar-refractivity contribution is 6.36. The zero-order valence-electron chi connectivity index (χ0n) is 10.6. The highest BCUT2D eigenvalue weighted by atomic mass is 35.5. The molecule has 1 aromatic rings. The van der Waals surface area contributed by atoms with Gasteiger partial charge < -0.3 is 10.6 Å². The minimum Gasteiger partial charge on any atom is -0.384 e. The van der Waals surface area contributed by atoms with E-state index in [-0.39, 0.29) is 5.84 Å². The average molecular weight is 267 g/mol. The van der Waals surface area contributed by atoms with E-state index >= 15 is 0 Å². The Hall–Kier alpha value is -1.29. The smallest absolute Gasteiger partial charge is 0.148 e. The second kappa shape index (κ2) is 5.57. The first kappa shape index (κ1) is 13.1. The van der Waals surface area contributed by atoms with E-state index in [4.69, 9.17) is 22.7 Å².